The van der Waals surface area contributed by atoms with Crippen molar-refractivity contribution < 1.29 is 17.9 Å². The van der Waals surface area contributed by atoms with E-state index in [-0.39, 0.29) is 16.8 Å². The van der Waals surface area contributed by atoms with Crippen LogP contribution in [0.25, 0.3) is 0 Å². The molecule has 1 N–H and O–H groups in total. The van der Waals surface area contributed by atoms with Crippen LogP contribution in [0.15, 0.2) is 29.2 Å². The van der Waals surface area contributed by atoms with Gasteiger partial charge in [-0.25, -0.2) is 13.1 Å². The van der Waals surface area contributed by atoms with Crippen LogP contribution in [0.2, 0.25) is 0 Å². The van der Waals surface area contributed by atoms with Gasteiger partial charge in [0.1, 0.15) is 0 Å². The summed E-state index contributed by atoms with van der Waals surface area (Å²) in [4.78, 5) is 14.8. The van der Waals surface area contributed by atoms with Crippen molar-refractivity contribution in [2.75, 3.05) is 26.3 Å². The monoisotopic (exact) mass is 366 g/mol. The zero-order valence-corrected chi connectivity index (χ0v) is 15.3. The third-order valence-corrected chi connectivity index (χ3v) is 6.30. The fourth-order valence-electron chi connectivity index (χ4n) is 3.34. The third-order valence-electron chi connectivity index (χ3n) is 4.79. The van der Waals surface area contributed by atoms with E-state index in [1.807, 2.05) is 4.90 Å². The Hall–Kier alpha value is -1.44. The third kappa shape index (κ3) is 4.80. The second-order valence-electron chi connectivity index (χ2n) is 6.77. The molecule has 1 amide bonds. The number of likely N-dealkylation sites (tertiary alicyclic amines) is 1. The van der Waals surface area contributed by atoms with E-state index in [1.54, 1.807) is 12.1 Å². The van der Waals surface area contributed by atoms with Crippen LogP contribution in [0.4, 0.5) is 0 Å². The first-order chi connectivity index (χ1) is 12.1. The normalized spacial score (nSPS) is 22.4. The van der Waals surface area contributed by atoms with Crippen molar-refractivity contribution in [3.63, 3.8) is 0 Å². The molecule has 3 rings (SSSR count). The van der Waals surface area contributed by atoms with E-state index >= 15 is 0 Å². The van der Waals surface area contributed by atoms with Crippen molar-refractivity contribution in [2.45, 2.75) is 49.5 Å². The second kappa shape index (κ2) is 8.29. The first-order valence-electron chi connectivity index (χ1n) is 9.06. The molecule has 0 spiro atoms. The molecule has 2 aliphatic rings. The molecule has 2 heterocycles. The van der Waals surface area contributed by atoms with Gasteiger partial charge < -0.3 is 9.64 Å². The number of carbonyl (C=O) groups excluding carboxylic acids is 1. The zero-order chi connectivity index (χ0) is 17.7. The van der Waals surface area contributed by atoms with Crippen LogP contribution in [0.5, 0.6) is 0 Å². The highest BCUT2D eigenvalue weighted by Crippen LogP contribution is 2.18. The summed E-state index contributed by atoms with van der Waals surface area (Å²) in [6, 6.07) is 6.15. The van der Waals surface area contributed by atoms with Crippen LogP contribution in [0.1, 0.15) is 48.9 Å². The van der Waals surface area contributed by atoms with Gasteiger partial charge in [-0.05, 0) is 37.5 Å². The van der Waals surface area contributed by atoms with Crippen LogP contribution >= 0.6 is 0 Å². The first-order valence-corrected chi connectivity index (χ1v) is 10.5. The van der Waals surface area contributed by atoms with E-state index in [2.05, 4.69) is 4.72 Å². The Morgan fingerprint density at radius 3 is 2.52 bits per heavy atom. The van der Waals surface area contributed by atoms with Gasteiger partial charge in [-0.3, -0.25) is 4.79 Å². The molecule has 1 atom stereocenters. The summed E-state index contributed by atoms with van der Waals surface area (Å²) in [6.45, 7) is 2.45. The lowest BCUT2D eigenvalue weighted by molar-refractivity contribution is 0.0742. The lowest BCUT2D eigenvalue weighted by atomic mass is 10.1. The number of ether oxygens (including phenoxy) is 1. The van der Waals surface area contributed by atoms with Gasteiger partial charge in [0.15, 0.2) is 0 Å². The Balaban J connectivity index is 1.74. The number of hydrogen-bond acceptors (Lipinski definition) is 4. The van der Waals surface area contributed by atoms with E-state index in [0.29, 0.717) is 25.2 Å². The van der Waals surface area contributed by atoms with Crippen molar-refractivity contribution >= 4 is 15.9 Å². The average molecular weight is 366 g/mol. The van der Waals surface area contributed by atoms with Gasteiger partial charge in [0.2, 0.25) is 10.0 Å². The van der Waals surface area contributed by atoms with Crippen molar-refractivity contribution in [1.29, 1.82) is 0 Å². The maximum Gasteiger partial charge on any atom is 0.253 e. The minimum Gasteiger partial charge on any atom is -0.380 e. The molecule has 0 aliphatic carbocycles. The minimum absolute atomic E-state index is 0.0804. The molecular weight excluding hydrogens is 340 g/mol. The fourth-order valence-corrected chi connectivity index (χ4v) is 4.64. The molecular formula is C18H26N2O4S. The van der Waals surface area contributed by atoms with Crippen molar-refractivity contribution in [3.8, 4) is 0 Å². The highest BCUT2D eigenvalue weighted by Gasteiger charge is 2.25. The number of nitrogens with one attached hydrogen (secondary N) is 1. The Kier molecular flexibility index (Phi) is 6.09. The number of amides is 1. The Morgan fingerprint density at radius 2 is 1.84 bits per heavy atom. The van der Waals surface area contributed by atoms with Gasteiger partial charge >= 0.3 is 0 Å². The van der Waals surface area contributed by atoms with E-state index in [0.717, 1.165) is 38.8 Å². The molecule has 7 heteroatoms. The molecule has 2 fully saturated rings. The van der Waals surface area contributed by atoms with Gasteiger partial charge in [0.25, 0.3) is 5.91 Å². The quantitative estimate of drug-likeness (QED) is 0.886. The van der Waals surface area contributed by atoms with Gasteiger partial charge in [0.05, 0.1) is 11.5 Å². The molecule has 25 heavy (non-hydrogen) atoms. The van der Waals surface area contributed by atoms with E-state index < -0.39 is 10.0 Å². The predicted molar refractivity (Wildman–Crippen MR) is 95.0 cm³/mol. The maximum atomic E-state index is 12.8. The number of nitrogens with zero attached hydrogens (tertiary/aromatic N) is 1. The van der Waals surface area contributed by atoms with Crippen LogP contribution in [0.3, 0.4) is 0 Å². The zero-order valence-electron chi connectivity index (χ0n) is 14.4. The molecule has 0 radical (unpaired) electrons. The van der Waals surface area contributed by atoms with Crippen molar-refractivity contribution in [1.82, 2.24) is 9.62 Å². The Labute approximate surface area is 149 Å². The number of sulfonamides is 1. The number of rotatable bonds is 4. The largest absolute Gasteiger partial charge is 0.380 e. The number of hydrogen-bond donors (Lipinski definition) is 1. The summed E-state index contributed by atoms with van der Waals surface area (Å²) in [6.07, 6.45) is 6.20. The smallest absolute Gasteiger partial charge is 0.253 e. The molecule has 6 nitrogen and oxygen atoms in total. The molecule has 2 aliphatic heterocycles. The van der Waals surface area contributed by atoms with Crippen LogP contribution in [-0.4, -0.2) is 51.6 Å². The standard InChI is InChI=1S/C18H26N2O4S/c21-18(20-10-4-2-1-3-5-11-20)15-7-6-8-17(13-15)25(22,23)19-16-9-12-24-14-16/h6-8,13,16,19H,1-5,9-12,14H2. The number of benzene rings is 1. The first kappa shape index (κ1) is 18.4. The second-order valence-corrected chi connectivity index (χ2v) is 8.48. The SMILES string of the molecule is O=C(c1cccc(S(=O)(=O)NC2CCOC2)c1)N1CCCCCCC1. The fraction of sp³-hybridized carbons (Fsp3) is 0.611. The van der Waals surface area contributed by atoms with E-state index in [1.165, 1.54) is 18.6 Å². The molecule has 0 saturated carbocycles. The molecule has 0 aromatic heterocycles. The highest BCUT2D eigenvalue weighted by atomic mass is 32.2. The Morgan fingerprint density at radius 1 is 1.12 bits per heavy atom. The Bertz CT molecular complexity index is 691. The van der Waals surface area contributed by atoms with Gasteiger partial charge in [-0.15, -0.1) is 0 Å². The molecule has 2 saturated heterocycles. The summed E-state index contributed by atoms with van der Waals surface area (Å²) >= 11 is 0. The van der Waals surface area contributed by atoms with Gasteiger partial charge in [-0.2, -0.15) is 0 Å². The topological polar surface area (TPSA) is 75.7 Å². The lowest BCUT2D eigenvalue weighted by Crippen LogP contribution is -2.36. The summed E-state index contributed by atoms with van der Waals surface area (Å²) in [5.41, 5.74) is 0.436. The molecule has 0 bridgehead atoms. The molecule has 1 aromatic rings. The van der Waals surface area contributed by atoms with Crippen LogP contribution < -0.4 is 4.72 Å². The average Bonchev–Trinajstić information content (AvgIpc) is 3.06. The summed E-state index contributed by atoms with van der Waals surface area (Å²) in [7, 11) is -3.64. The minimum atomic E-state index is -3.64. The highest BCUT2D eigenvalue weighted by molar-refractivity contribution is 7.89. The summed E-state index contributed by atoms with van der Waals surface area (Å²) in [5, 5.41) is 0. The van der Waals surface area contributed by atoms with Gasteiger partial charge in [0, 0.05) is 31.3 Å². The van der Waals surface area contributed by atoms with Gasteiger partial charge in [-0.1, -0.05) is 25.3 Å². The van der Waals surface area contributed by atoms with Crippen molar-refractivity contribution in [2.24, 2.45) is 0 Å². The molecule has 138 valence electrons. The van der Waals surface area contributed by atoms with Crippen molar-refractivity contribution in [3.05, 3.63) is 29.8 Å². The van der Waals surface area contributed by atoms with Crippen LogP contribution in [0, 0.1) is 0 Å². The van der Waals surface area contributed by atoms with E-state index in [4.69, 9.17) is 4.74 Å². The lowest BCUT2D eigenvalue weighted by Gasteiger charge is -2.25. The molecule has 1 aromatic carbocycles. The molecule has 1 unspecified atom stereocenters. The number of carbonyl (C=O) groups is 1. The van der Waals surface area contributed by atoms with E-state index in [9.17, 15) is 13.2 Å². The van der Waals surface area contributed by atoms with Crippen LogP contribution in [-0.2, 0) is 14.8 Å². The summed E-state index contributed by atoms with van der Waals surface area (Å²) in [5.74, 6) is -0.0804. The maximum absolute atomic E-state index is 12.8. The summed E-state index contributed by atoms with van der Waals surface area (Å²) < 4.78 is 33.0. The predicted octanol–water partition coefficient (Wildman–Crippen LogP) is 2.16.